The molecule has 10 heteroatoms. The van der Waals surface area contributed by atoms with Crippen LogP contribution < -0.4 is 16.4 Å². The Morgan fingerprint density at radius 1 is 1.09 bits per heavy atom. The third-order valence-electron chi connectivity index (χ3n) is 4.83. The third kappa shape index (κ3) is 4.20. The predicted octanol–water partition coefficient (Wildman–Crippen LogP) is 5.02. The highest BCUT2D eigenvalue weighted by Crippen LogP contribution is 2.33. The number of amides is 2. The van der Waals surface area contributed by atoms with Crippen LogP contribution in [0.2, 0.25) is 0 Å². The topological polar surface area (TPSA) is 97.3 Å². The molecule has 0 saturated carbocycles. The van der Waals surface area contributed by atoms with Gasteiger partial charge in [-0.05, 0) is 54.8 Å². The number of hydrogen-bond donors (Lipinski definition) is 3. The average molecular weight is 439 g/mol. The third-order valence-corrected chi connectivity index (χ3v) is 4.83. The minimum atomic E-state index is -4.49. The Balaban J connectivity index is 1.53. The van der Waals surface area contributed by atoms with Gasteiger partial charge < -0.3 is 16.4 Å². The number of rotatable bonds is 4. The van der Waals surface area contributed by atoms with Crippen molar-refractivity contribution in [2.75, 3.05) is 16.4 Å². The first kappa shape index (κ1) is 21.2. The van der Waals surface area contributed by atoms with Gasteiger partial charge in [-0.25, -0.2) is 14.3 Å². The van der Waals surface area contributed by atoms with E-state index in [-0.39, 0.29) is 5.69 Å². The van der Waals surface area contributed by atoms with Gasteiger partial charge >= 0.3 is 12.2 Å². The molecule has 32 heavy (non-hydrogen) atoms. The molecular formula is C22H18F3N6O. The summed E-state index contributed by atoms with van der Waals surface area (Å²) >= 11 is 0. The highest BCUT2D eigenvalue weighted by Gasteiger charge is 2.30. The molecule has 2 heterocycles. The van der Waals surface area contributed by atoms with E-state index in [0.29, 0.717) is 23.4 Å². The van der Waals surface area contributed by atoms with Crippen LogP contribution >= 0.6 is 0 Å². The number of aromatic nitrogens is 3. The van der Waals surface area contributed by atoms with Gasteiger partial charge in [0.1, 0.15) is 11.8 Å². The number of nitrogens with two attached hydrogens (primary N) is 1. The molecule has 4 rings (SSSR count). The van der Waals surface area contributed by atoms with Crippen molar-refractivity contribution in [1.82, 2.24) is 14.6 Å². The van der Waals surface area contributed by atoms with Crippen LogP contribution in [0.3, 0.4) is 0 Å². The molecule has 4 N–H and O–H groups in total. The van der Waals surface area contributed by atoms with E-state index >= 15 is 0 Å². The summed E-state index contributed by atoms with van der Waals surface area (Å²) in [6, 6.07) is 10.7. The number of nitrogen functional groups attached to an aromatic ring is 1. The van der Waals surface area contributed by atoms with E-state index < -0.39 is 17.8 Å². The number of carbonyl (C=O) groups excluding carboxylic acids is 1. The number of fused-ring (bicyclic) bond motifs is 1. The summed E-state index contributed by atoms with van der Waals surface area (Å²) in [7, 11) is 0. The van der Waals surface area contributed by atoms with E-state index in [0.717, 1.165) is 28.8 Å². The van der Waals surface area contributed by atoms with Crippen LogP contribution in [-0.4, -0.2) is 20.6 Å². The fraction of sp³-hybridized carbons (Fsp3) is 0.0909. The Morgan fingerprint density at radius 3 is 2.50 bits per heavy atom. The first-order valence-corrected chi connectivity index (χ1v) is 9.52. The minimum absolute atomic E-state index is 0.0322. The number of halogens is 3. The van der Waals surface area contributed by atoms with Crippen molar-refractivity contribution >= 4 is 28.7 Å². The molecule has 4 aromatic rings. The lowest BCUT2D eigenvalue weighted by Crippen LogP contribution is -2.19. The Bertz CT molecular complexity index is 1280. The second kappa shape index (κ2) is 8.22. The van der Waals surface area contributed by atoms with Crippen molar-refractivity contribution < 1.29 is 18.0 Å². The van der Waals surface area contributed by atoms with Gasteiger partial charge in [0.25, 0.3) is 0 Å². The highest BCUT2D eigenvalue weighted by molar-refractivity contribution is 6.00. The van der Waals surface area contributed by atoms with Crippen molar-refractivity contribution in [3.63, 3.8) is 0 Å². The van der Waals surface area contributed by atoms with Gasteiger partial charge in [-0.15, -0.1) is 0 Å². The minimum Gasteiger partial charge on any atom is -0.382 e. The Hall–Kier alpha value is -4.08. The normalized spacial score (nSPS) is 11.5. The first-order valence-electron chi connectivity index (χ1n) is 9.52. The standard InChI is InChI=1S/C22H18F3N6O/c1-2-13-11-31-19(20(26)27-12-28-31)18(13)14-6-8-16(9-7-14)29-21(32)30-17-5-3-4-15(10-17)22(23,24)25/h3-12H,1-2H2,(H2,26,27,28)(H2,29,30,32). The summed E-state index contributed by atoms with van der Waals surface area (Å²) in [4.78, 5) is 16.3. The fourth-order valence-electron chi connectivity index (χ4n) is 3.38. The van der Waals surface area contributed by atoms with Gasteiger partial charge in [0.15, 0.2) is 5.82 Å². The molecule has 0 fully saturated rings. The maximum absolute atomic E-state index is 12.8. The van der Waals surface area contributed by atoms with Gasteiger partial charge in [-0.2, -0.15) is 18.3 Å². The maximum atomic E-state index is 12.8. The number of hydrogen-bond acceptors (Lipinski definition) is 4. The summed E-state index contributed by atoms with van der Waals surface area (Å²) in [5.74, 6) is 0.331. The van der Waals surface area contributed by atoms with Crippen LogP contribution in [0.1, 0.15) is 11.1 Å². The van der Waals surface area contributed by atoms with Crippen molar-refractivity contribution in [3.8, 4) is 11.1 Å². The molecule has 0 aliphatic carbocycles. The predicted molar refractivity (Wildman–Crippen MR) is 116 cm³/mol. The largest absolute Gasteiger partial charge is 0.416 e. The van der Waals surface area contributed by atoms with Gasteiger partial charge in [0.2, 0.25) is 0 Å². The lowest BCUT2D eigenvalue weighted by Gasteiger charge is -2.11. The monoisotopic (exact) mass is 439 g/mol. The molecule has 2 amide bonds. The molecule has 2 aromatic heterocycles. The Kier molecular flexibility index (Phi) is 5.43. The Labute approximate surface area is 181 Å². The van der Waals surface area contributed by atoms with E-state index in [2.05, 4.69) is 27.6 Å². The number of nitrogens with one attached hydrogen (secondary N) is 2. The van der Waals surface area contributed by atoms with Gasteiger partial charge in [-0.1, -0.05) is 18.2 Å². The number of carbonyl (C=O) groups is 1. The van der Waals surface area contributed by atoms with Crippen molar-refractivity contribution in [2.45, 2.75) is 12.6 Å². The van der Waals surface area contributed by atoms with Gasteiger partial charge in [-0.3, -0.25) is 0 Å². The van der Waals surface area contributed by atoms with Gasteiger partial charge in [0, 0.05) is 23.1 Å². The second-order valence-electron chi connectivity index (χ2n) is 6.95. The number of anilines is 3. The smallest absolute Gasteiger partial charge is 0.382 e. The molecule has 0 unspecified atom stereocenters. The molecule has 0 atom stereocenters. The van der Waals surface area contributed by atoms with Crippen LogP contribution in [0.25, 0.3) is 16.6 Å². The number of nitrogens with zero attached hydrogens (tertiary/aromatic N) is 3. The van der Waals surface area contributed by atoms with Crippen molar-refractivity contribution in [1.29, 1.82) is 0 Å². The molecule has 163 valence electrons. The van der Waals surface area contributed by atoms with E-state index in [1.165, 1.54) is 18.5 Å². The molecular weight excluding hydrogens is 421 g/mol. The Morgan fingerprint density at radius 2 is 1.81 bits per heavy atom. The van der Waals surface area contributed by atoms with Crippen LogP contribution in [0, 0.1) is 6.92 Å². The number of urea groups is 1. The average Bonchev–Trinajstić information content (AvgIpc) is 3.14. The lowest BCUT2D eigenvalue weighted by molar-refractivity contribution is -0.137. The summed E-state index contributed by atoms with van der Waals surface area (Å²) in [5, 5.41) is 9.18. The zero-order chi connectivity index (χ0) is 22.9. The van der Waals surface area contributed by atoms with Crippen LogP contribution in [0.5, 0.6) is 0 Å². The number of alkyl halides is 3. The molecule has 7 nitrogen and oxygen atoms in total. The quantitative estimate of drug-likeness (QED) is 0.416. The van der Waals surface area contributed by atoms with E-state index in [4.69, 9.17) is 5.73 Å². The molecule has 0 aliphatic heterocycles. The summed E-state index contributed by atoms with van der Waals surface area (Å²) < 4.78 is 40.1. The zero-order valence-corrected chi connectivity index (χ0v) is 16.6. The highest BCUT2D eigenvalue weighted by atomic mass is 19.4. The van der Waals surface area contributed by atoms with Crippen LogP contribution in [0.15, 0.2) is 61.1 Å². The molecule has 0 bridgehead atoms. The zero-order valence-electron chi connectivity index (χ0n) is 16.6. The summed E-state index contributed by atoms with van der Waals surface area (Å²) in [6.45, 7) is 3.95. The van der Waals surface area contributed by atoms with Crippen molar-refractivity contribution in [2.24, 2.45) is 0 Å². The van der Waals surface area contributed by atoms with E-state index in [9.17, 15) is 18.0 Å². The number of benzene rings is 2. The van der Waals surface area contributed by atoms with Crippen molar-refractivity contribution in [3.05, 3.63) is 79.1 Å². The van der Waals surface area contributed by atoms with E-state index in [1.807, 2.05) is 6.20 Å². The molecule has 2 aromatic carbocycles. The molecule has 1 radical (unpaired) electrons. The summed E-state index contributed by atoms with van der Waals surface area (Å²) in [5.41, 5.74) is 8.96. The second-order valence-corrected chi connectivity index (χ2v) is 6.95. The van der Waals surface area contributed by atoms with E-state index in [1.54, 1.807) is 28.8 Å². The summed E-state index contributed by atoms with van der Waals surface area (Å²) in [6.07, 6.45) is -0.772. The molecule has 0 spiro atoms. The van der Waals surface area contributed by atoms with Gasteiger partial charge in [0.05, 0.1) is 5.56 Å². The lowest BCUT2D eigenvalue weighted by atomic mass is 10.0. The first-order chi connectivity index (χ1) is 15.3. The maximum Gasteiger partial charge on any atom is 0.416 e. The van der Waals surface area contributed by atoms with Crippen LogP contribution in [-0.2, 0) is 12.6 Å². The van der Waals surface area contributed by atoms with Crippen LogP contribution in [0.4, 0.5) is 35.2 Å². The fourth-order valence-corrected chi connectivity index (χ4v) is 3.38. The molecule has 0 aliphatic rings. The molecule has 0 saturated heterocycles. The SMILES string of the molecule is [CH2]Cc1cn2ncnc(N)c2c1-c1ccc(NC(=O)Nc2cccc(C(F)(F)F)c2)cc1.